The molecule has 1 saturated carbocycles. The number of carbonyl (C=O) groups excluding carboxylic acids is 1. The number of benzene rings is 2. The van der Waals surface area contributed by atoms with Crippen LogP contribution in [0.3, 0.4) is 0 Å². The summed E-state index contributed by atoms with van der Waals surface area (Å²) in [5.41, 5.74) is 1.19. The molecule has 1 atom stereocenters. The van der Waals surface area contributed by atoms with Crippen LogP contribution in [0.15, 0.2) is 36.4 Å². The summed E-state index contributed by atoms with van der Waals surface area (Å²) in [6.07, 6.45) is 4.98. The van der Waals surface area contributed by atoms with Gasteiger partial charge in [-0.1, -0.05) is 18.2 Å². The van der Waals surface area contributed by atoms with Gasteiger partial charge in [-0.25, -0.2) is 8.78 Å². The van der Waals surface area contributed by atoms with Gasteiger partial charge in [-0.05, 0) is 49.4 Å². The summed E-state index contributed by atoms with van der Waals surface area (Å²) in [6, 6.07) is 9.84. The fraction of sp³-hybridized carbons (Fsp3) is 0.435. The largest absolute Gasteiger partial charge is 0.493 e. The molecule has 4 nitrogen and oxygen atoms in total. The number of nitrogens with zero attached hydrogens (tertiary/aromatic N) is 1. The molecule has 0 spiro atoms. The van der Waals surface area contributed by atoms with Crippen molar-refractivity contribution in [2.45, 2.75) is 50.7 Å². The lowest BCUT2D eigenvalue weighted by Crippen LogP contribution is -2.25. The van der Waals surface area contributed by atoms with E-state index in [1.807, 2.05) is 18.2 Å². The molecular weight excluding hydrogens is 376 g/mol. The molecule has 154 valence electrons. The average Bonchev–Trinajstić information content (AvgIpc) is 3.35. The Bertz CT molecular complexity index is 896. The highest BCUT2D eigenvalue weighted by molar-refractivity contribution is 5.79. The van der Waals surface area contributed by atoms with E-state index in [9.17, 15) is 13.6 Å². The van der Waals surface area contributed by atoms with Crippen molar-refractivity contribution < 1.29 is 23.0 Å². The molecule has 29 heavy (non-hydrogen) atoms. The van der Waals surface area contributed by atoms with Crippen molar-refractivity contribution in [2.75, 3.05) is 13.7 Å². The zero-order valence-electron chi connectivity index (χ0n) is 16.5. The predicted octanol–water partition coefficient (Wildman–Crippen LogP) is 4.81. The van der Waals surface area contributed by atoms with E-state index in [-0.39, 0.29) is 30.0 Å². The third-order valence-electron chi connectivity index (χ3n) is 5.86. The van der Waals surface area contributed by atoms with Crippen molar-refractivity contribution in [2.24, 2.45) is 0 Å². The van der Waals surface area contributed by atoms with E-state index in [1.54, 1.807) is 12.0 Å². The Morgan fingerprint density at radius 2 is 1.90 bits per heavy atom. The summed E-state index contributed by atoms with van der Waals surface area (Å²) in [5.74, 6) is -0.471. The van der Waals surface area contributed by atoms with Crippen LogP contribution < -0.4 is 9.47 Å². The fourth-order valence-corrected chi connectivity index (χ4v) is 4.25. The van der Waals surface area contributed by atoms with Crippen LogP contribution in [0, 0.1) is 11.6 Å². The zero-order chi connectivity index (χ0) is 20.4. The van der Waals surface area contributed by atoms with Crippen molar-refractivity contribution in [1.82, 2.24) is 4.90 Å². The number of likely N-dealkylation sites (tertiary alicyclic amines) is 1. The standard InChI is InChI=1S/C23H25F2NO3/c1-28-20-10-9-15(11-21(20)29-18-6-2-3-7-18)17-12-22(27)26(14-17)13-16-5-4-8-19(24)23(16)25/h4-5,8-11,17-18H,2-3,6-7,12-14H2,1H3. The number of halogens is 2. The predicted molar refractivity (Wildman–Crippen MR) is 105 cm³/mol. The van der Waals surface area contributed by atoms with Crippen LogP contribution in [0.25, 0.3) is 0 Å². The van der Waals surface area contributed by atoms with Gasteiger partial charge in [0.15, 0.2) is 23.1 Å². The molecule has 0 aromatic heterocycles. The van der Waals surface area contributed by atoms with E-state index in [0.29, 0.717) is 24.5 Å². The van der Waals surface area contributed by atoms with Crippen molar-refractivity contribution in [3.63, 3.8) is 0 Å². The van der Waals surface area contributed by atoms with Crippen LogP contribution in [-0.4, -0.2) is 30.6 Å². The number of hydrogen-bond acceptors (Lipinski definition) is 3. The summed E-state index contributed by atoms with van der Waals surface area (Å²) in [6.45, 7) is 0.532. The highest BCUT2D eigenvalue weighted by Crippen LogP contribution is 2.37. The number of amides is 1. The first-order valence-corrected chi connectivity index (χ1v) is 10.1. The molecule has 1 unspecified atom stereocenters. The summed E-state index contributed by atoms with van der Waals surface area (Å²) in [7, 11) is 1.62. The van der Waals surface area contributed by atoms with Crippen molar-refractivity contribution >= 4 is 5.91 Å². The van der Waals surface area contributed by atoms with Gasteiger partial charge >= 0.3 is 0 Å². The molecule has 0 bridgehead atoms. The molecule has 4 rings (SSSR count). The van der Waals surface area contributed by atoms with E-state index in [0.717, 1.165) is 24.5 Å². The molecular formula is C23H25F2NO3. The zero-order valence-corrected chi connectivity index (χ0v) is 16.5. The molecule has 1 aliphatic carbocycles. The van der Waals surface area contributed by atoms with Crippen LogP contribution >= 0.6 is 0 Å². The minimum absolute atomic E-state index is 0.0176. The summed E-state index contributed by atoms with van der Waals surface area (Å²) in [5, 5.41) is 0. The Labute approximate surface area is 169 Å². The van der Waals surface area contributed by atoms with Crippen molar-refractivity contribution in [1.29, 1.82) is 0 Å². The van der Waals surface area contributed by atoms with E-state index in [2.05, 4.69) is 0 Å². The molecule has 2 fully saturated rings. The van der Waals surface area contributed by atoms with Crippen LogP contribution in [0.1, 0.15) is 49.1 Å². The Morgan fingerprint density at radius 1 is 1.10 bits per heavy atom. The lowest BCUT2D eigenvalue weighted by molar-refractivity contribution is -0.128. The molecule has 0 radical (unpaired) electrons. The number of methoxy groups -OCH3 is 1. The molecule has 2 aliphatic rings. The second-order valence-corrected chi connectivity index (χ2v) is 7.82. The van der Waals surface area contributed by atoms with Crippen molar-refractivity contribution in [3.8, 4) is 11.5 Å². The third-order valence-corrected chi connectivity index (χ3v) is 5.86. The molecule has 1 saturated heterocycles. The SMILES string of the molecule is COc1ccc(C2CC(=O)N(Cc3cccc(F)c3F)C2)cc1OC1CCCC1. The molecule has 2 aromatic carbocycles. The second kappa shape index (κ2) is 8.39. The summed E-state index contributed by atoms with van der Waals surface area (Å²) >= 11 is 0. The van der Waals surface area contributed by atoms with Gasteiger partial charge < -0.3 is 14.4 Å². The van der Waals surface area contributed by atoms with E-state index in [4.69, 9.17) is 9.47 Å². The number of carbonyl (C=O) groups is 1. The van der Waals surface area contributed by atoms with Crippen molar-refractivity contribution in [3.05, 3.63) is 59.2 Å². The van der Waals surface area contributed by atoms with Crippen LogP contribution in [-0.2, 0) is 11.3 Å². The Kier molecular flexibility index (Phi) is 5.69. The van der Waals surface area contributed by atoms with Gasteiger partial charge in [0.2, 0.25) is 5.91 Å². The van der Waals surface area contributed by atoms with Gasteiger partial charge in [0.1, 0.15) is 0 Å². The minimum Gasteiger partial charge on any atom is -0.493 e. The summed E-state index contributed by atoms with van der Waals surface area (Å²) < 4.78 is 39.1. The average molecular weight is 401 g/mol. The Hall–Kier alpha value is -2.63. The Balaban J connectivity index is 1.50. The van der Waals surface area contributed by atoms with Crippen LogP contribution in [0.4, 0.5) is 8.78 Å². The lowest BCUT2D eigenvalue weighted by Gasteiger charge is -2.19. The second-order valence-electron chi connectivity index (χ2n) is 7.82. The molecule has 1 aliphatic heterocycles. The molecule has 1 heterocycles. The highest BCUT2D eigenvalue weighted by atomic mass is 19.2. The van der Waals surface area contributed by atoms with Gasteiger partial charge in [0.25, 0.3) is 0 Å². The molecule has 1 amide bonds. The first kappa shape index (κ1) is 19.7. The highest BCUT2D eigenvalue weighted by Gasteiger charge is 2.32. The van der Waals surface area contributed by atoms with Gasteiger partial charge in [-0.3, -0.25) is 4.79 Å². The van der Waals surface area contributed by atoms with E-state index in [1.165, 1.54) is 25.0 Å². The number of rotatable bonds is 6. The normalized spacial score (nSPS) is 19.8. The van der Waals surface area contributed by atoms with Gasteiger partial charge in [0, 0.05) is 31.0 Å². The van der Waals surface area contributed by atoms with Gasteiger partial charge in [-0.15, -0.1) is 0 Å². The molecule has 0 N–H and O–H groups in total. The third kappa shape index (κ3) is 4.21. The van der Waals surface area contributed by atoms with Crippen LogP contribution in [0.2, 0.25) is 0 Å². The smallest absolute Gasteiger partial charge is 0.223 e. The van der Waals surface area contributed by atoms with E-state index >= 15 is 0 Å². The monoisotopic (exact) mass is 401 g/mol. The maximum absolute atomic E-state index is 14.0. The Morgan fingerprint density at radius 3 is 2.66 bits per heavy atom. The number of hydrogen-bond donors (Lipinski definition) is 0. The van der Waals surface area contributed by atoms with E-state index < -0.39 is 11.6 Å². The summed E-state index contributed by atoms with van der Waals surface area (Å²) in [4.78, 5) is 14.1. The van der Waals surface area contributed by atoms with Gasteiger partial charge in [0.05, 0.1) is 13.2 Å². The minimum atomic E-state index is -0.894. The topological polar surface area (TPSA) is 38.8 Å². The lowest BCUT2D eigenvalue weighted by atomic mass is 9.98. The first-order valence-electron chi connectivity index (χ1n) is 10.1. The maximum Gasteiger partial charge on any atom is 0.223 e. The fourth-order valence-electron chi connectivity index (χ4n) is 4.25. The maximum atomic E-state index is 14.0. The van der Waals surface area contributed by atoms with Gasteiger partial charge in [-0.2, -0.15) is 0 Å². The molecule has 6 heteroatoms. The quantitative estimate of drug-likeness (QED) is 0.697. The number of ether oxygens (including phenoxy) is 2. The first-order chi connectivity index (χ1) is 14.0. The van der Waals surface area contributed by atoms with Crippen LogP contribution in [0.5, 0.6) is 11.5 Å². The molecule has 2 aromatic rings.